The normalized spacial score (nSPS) is 21.6. The summed E-state index contributed by atoms with van der Waals surface area (Å²) in [6.45, 7) is 3.05. The second-order valence-corrected chi connectivity index (χ2v) is 8.43. The molecule has 2 aromatic carbocycles. The van der Waals surface area contributed by atoms with Gasteiger partial charge in [0, 0.05) is 25.9 Å². The number of fused-ring (bicyclic) bond motifs is 1. The molecule has 2 amide bonds. The van der Waals surface area contributed by atoms with E-state index in [2.05, 4.69) is 10.2 Å². The van der Waals surface area contributed by atoms with Crippen molar-refractivity contribution in [3.63, 3.8) is 0 Å². The molecule has 3 aliphatic heterocycles. The maximum absolute atomic E-state index is 13.6. The van der Waals surface area contributed by atoms with Crippen LogP contribution >= 0.6 is 0 Å². The molecular weight excluding hydrogens is 378 g/mol. The number of ether oxygens (including phenoxy) is 1. The lowest BCUT2D eigenvalue weighted by Gasteiger charge is -2.45. The minimum Gasteiger partial charge on any atom is -0.467 e. The number of nitrogens with one attached hydrogen (secondary N) is 1. The molecule has 0 bridgehead atoms. The molecule has 6 heteroatoms. The van der Waals surface area contributed by atoms with Gasteiger partial charge in [-0.15, -0.1) is 0 Å². The Hall–Kier alpha value is -2.86. The molecule has 1 spiro atoms. The number of nitrogens with zero attached hydrogens (tertiary/aromatic N) is 2. The zero-order chi connectivity index (χ0) is 20.6. The molecular formula is C24H27N3O3. The molecule has 5 rings (SSSR count). The van der Waals surface area contributed by atoms with Crippen molar-refractivity contribution < 1.29 is 14.3 Å². The predicted molar refractivity (Wildman–Crippen MR) is 113 cm³/mol. The first-order valence-corrected chi connectivity index (χ1v) is 10.8. The van der Waals surface area contributed by atoms with Crippen LogP contribution in [0.2, 0.25) is 0 Å². The van der Waals surface area contributed by atoms with E-state index < -0.39 is 5.72 Å². The fourth-order valence-electron chi connectivity index (χ4n) is 4.89. The third-order valence-electron chi connectivity index (χ3n) is 6.52. The number of carbonyl (C=O) groups excluding carboxylic acids is 2. The first kappa shape index (κ1) is 19.1. The molecule has 30 heavy (non-hydrogen) atoms. The number of rotatable bonds is 3. The fourth-order valence-corrected chi connectivity index (χ4v) is 4.89. The summed E-state index contributed by atoms with van der Waals surface area (Å²) in [5, 5.41) is 3.05. The van der Waals surface area contributed by atoms with Gasteiger partial charge in [0.05, 0.1) is 5.56 Å². The van der Waals surface area contributed by atoms with E-state index in [1.165, 1.54) is 0 Å². The van der Waals surface area contributed by atoms with Gasteiger partial charge < -0.3 is 15.0 Å². The SMILES string of the molecule is O=C1NC2(CCN(C(=O)[C@H](c3ccccc3)N3CCCC3)CC2)Oc2ccccc21. The number of likely N-dealkylation sites (tertiary alicyclic amines) is 2. The number of carbonyl (C=O) groups is 2. The van der Waals surface area contributed by atoms with E-state index in [1.807, 2.05) is 53.4 Å². The average molecular weight is 405 g/mol. The molecule has 0 saturated carbocycles. The molecule has 6 nitrogen and oxygen atoms in total. The Balaban J connectivity index is 1.32. The summed E-state index contributed by atoms with van der Waals surface area (Å²) in [5.41, 5.74) is 0.901. The number of piperidine rings is 1. The van der Waals surface area contributed by atoms with Crippen LogP contribution in [0.4, 0.5) is 0 Å². The number of hydrogen-bond donors (Lipinski definition) is 1. The van der Waals surface area contributed by atoms with E-state index >= 15 is 0 Å². The van der Waals surface area contributed by atoms with Crippen LogP contribution in [0.15, 0.2) is 54.6 Å². The van der Waals surface area contributed by atoms with Crippen LogP contribution in [0.25, 0.3) is 0 Å². The monoisotopic (exact) mass is 405 g/mol. The van der Waals surface area contributed by atoms with Crippen LogP contribution in [-0.4, -0.2) is 53.5 Å². The summed E-state index contributed by atoms with van der Waals surface area (Å²) < 4.78 is 6.22. The predicted octanol–water partition coefficient (Wildman–Crippen LogP) is 2.96. The molecule has 2 fully saturated rings. The molecule has 0 unspecified atom stereocenters. The van der Waals surface area contributed by atoms with Crippen LogP contribution in [0.3, 0.4) is 0 Å². The smallest absolute Gasteiger partial charge is 0.258 e. The molecule has 0 radical (unpaired) electrons. The van der Waals surface area contributed by atoms with Crippen molar-refractivity contribution in [1.29, 1.82) is 0 Å². The summed E-state index contributed by atoms with van der Waals surface area (Å²) >= 11 is 0. The zero-order valence-electron chi connectivity index (χ0n) is 17.0. The third kappa shape index (κ3) is 3.45. The highest BCUT2D eigenvalue weighted by molar-refractivity contribution is 5.98. The van der Waals surface area contributed by atoms with Crippen LogP contribution in [0.1, 0.15) is 47.6 Å². The molecule has 2 aromatic rings. The van der Waals surface area contributed by atoms with Crippen molar-refractivity contribution in [2.45, 2.75) is 37.5 Å². The second kappa shape index (κ2) is 7.76. The highest BCUT2D eigenvalue weighted by Crippen LogP contribution is 2.35. The fraction of sp³-hybridized carbons (Fsp3) is 0.417. The second-order valence-electron chi connectivity index (χ2n) is 8.43. The van der Waals surface area contributed by atoms with E-state index in [0.29, 0.717) is 37.2 Å². The lowest BCUT2D eigenvalue weighted by molar-refractivity contribution is -0.141. The van der Waals surface area contributed by atoms with Crippen LogP contribution in [0.5, 0.6) is 5.75 Å². The van der Waals surface area contributed by atoms with Crippen molar-refractivity contribution in [1.82, 2.24) is 15.1 Å². The number of hydrogen-bond acceptors (Lipinski definition) is 4. The van der Waals surface area contributed by atoms with E-state index in [4.69, 9.17) is 4.74 Å². The Kier molecular flexibility index (Phi) is 4.95. The summed E-state index contributed by atoms with van der Waals surface area (Å²) in [6.07, 6.45) is 3.44. The molecule has 0 aromatic heterocycles. The quantitative estimate of drug-likeness (QED) is 0.853. The van der Waals surface area contributed by atoms with E-state index in [-0.39, 0.29) is 17.9 Å². The Morgan fingerprint density at radius 1 is 0.933 bits per heavy atom. The van der Waals surface area contributed by atoms with Crippen molar-refractivity contribution in [3.8, 4) is 5.75 Å². The summed E-state index contributed by atoms with van der Waals surface area (Å²) in [6, 6.07) is 17.2. The van der Waals surface area contributed by atoms with Crippen LogP contribution < -0.4 is 10.1 Å². The van der Waals surface area contributed by atoms with Crippen molar-refractivity contribution in [2.75, 3.05) is 26.2 Å². The number of amides is 2. The molecule has 1 N–H and O–H groups in total. The van der Waals surface area contributed by atoms with Gasteiger partial charge in [0.25, 0.3) is 5.91 Å². The molecule has 2 saturated heterocycles. The molecule has 3 aliphatic rings. The van der Waals surface area contributed by atoms with Crippen LogP contribution in [0, 0.1) is 0 Å². The largest absolute Gasteiger partial charge is 0.467 e. The van der Waals surface area contributed by atoms with Gasteiger partial charge in [0.2, 0.25) is 5.91 Å². The van der Waals surface area contributed by atoms with Gasteiger partial charge in [-0.1, -0.05) is 42.5 Å². The molecule has 1 atom stereocenters. The number of benzene rings is 2. The van der Waals surface area contributed by atoms with Gasteiger partial charge in [0.1, 0.15) is 11.8 Å². The Bertz CT molecular complexity index is 932. The van der Waals surface area contributed by atoms with Gasteiger partial charge >= 0.3 is 0 Å². The summed E-state index contributed by atoms with van der Waals surface area (Å²) in [4.78, 5) is 30.4. The Morgan fingerprint density at radius 3 is 2.33 bits per heavy atom. The van der Waals surface area contributed by atoms with Gasteiger partial charge in [-0.3, -0.25) is 14.5 Å². The van der Waals surface area contributed by atoms with Crippen LogP contribution in [-0.2, 0) is 4.79 Å². The molecule has 0 aliphatic carbocycles. The first-order valence-electron chi connectivity index (χ1n) is 10.8. The summed E-state index contributed by atoms with van der Waals surface area (Å²) in [7, 11) is 0. The maximum Gasteiger partial charge on any atom is 0.258 e. The highest BCUT2D eigenvalue weighted by Gasteiger charge is 2.44. The Morgan fingerprint density at radius 2 is 1.60 bits per heavy atom. The lowest BCUT2D eigenvalue weighted by Crippen LogP contribution is -2.62. The van der Waals surface area contributed by atoms with Gasteiger partial charge in [-0.05, 0) is 43.6 Å². The lowest BCUT2D eigenvalue weighted by atomic mass is 9.95. The minimum atomic E-state index is -0.724. The average Bonchev–Trinajstić information content (AvgIpc) is 3.29. The highest BCUT2D eigenvalue weighted by atomic mass is 16.5. The zero-order valence-corrected chi connectivity index (χ0v) is 17.0. The van der Waals surface area contributed by atoms with Crippen molar-refractivity contribution >= 4 is 11.8 Å². The Labute approximate surface area is 176 Å². The standard InChI is InChI=1S/C24H27N3O3/c28-22-19-10-4-5-11-20(19)30-24(25-22)12-16-27(17-13-24)23(29)21(26-14-6-7-15-26)18-8-2-1-3-9-18/h1-5,8-11,21H,6-7,12-17H2,(H,25,28)/t21-/m0/s1. The van der Waals surface area contributed by atoms with Crippen molar-refractivity contribution in [2.24, 2.45) is 0 Å². The maximum atomic E-state index is 13.6. The third-order valence-corrected chi connectivity index (χ3v) is 6.52. The first-order chi connectivity index (χ1) is 14.7. The van der Waals surface area contributed by atoms with Crippen molar-refractivity contribution in [3.05, 3.63) is 65.7 Å². The van der Waals surface area contributed by atoms with Gasteiger partial charge in [-0.25, -0.2) is 0 Å². The van der Waals surface area contributed by atoms with E-state index in [0.717, 1.165) is 31.5 Å². The van der Waals surface area contributed by atoms with Gasteiger partial charge in [0.15, 0.2) is 5.72 Å². The summed E-state index contributed by atoms with van der Waals surface area (Å²) in [5.74, 6) is 0.677. The minimum absolute atomic E-state index is 0.101. The van der Waals surface area contributed by atoms with Gasteiger partial charge in [-0.2, -0.15) is 0 Å². The molecule has 156 valence electrons. The van der Waals surface area contributed by atoms with E-state index in [9.17, 15) is 9.59 Å². The number of para-hydroxylation sites is 1. The topological polar surface area (TPSA) is 61.9 Å². The van der Waals surface area contributed by atoms with E-state index in [1.54, 1.807) is 6.07 Å². The molecule has 3 heterocycles.